The molecule has 2 aromatic rings. The number of nitrogens with one attached hydrogen (secondary N) is 1. The number of ether oxygens (including phenoxy) is 1. The largest absolute Gasteiger partial charge is 0.465 e. The van der Waals surface area contributed by atoms with Crippen LogP contribution in [-0.4, -0.2) is 13.1 Å². The highest BCUT2D eigenvalue weighted by atomic mass is 35.5. The zero-order valence-corrected chi connectivity index (χ0v) is 13.4. The fraction of sp³-hybridized carbons (Fsp3) is 0.133. The van der Waals surface area contributed by atoms with Gasteiger partial charge < -0.3 is 10.1 Å². The molecular formula is C15H12Cl3NO2. The van der Waals surface area contributed by atoms with E-state index in [0.29, 0.717) is 32.9 Å². The topological polar surface area (TPSA) is 38.3 Å². The number of anilines is 1. The van der Waals surface area contributed by atoms with E-state index in [1.54, 1.807) is 36.4 Å². The van der Waals surface area contributed by atoms with Crippen molar-refractivity contribution >= 4 is 46.5 Å². The minimum absolute atomic E-state index is 0.416. The van der Waals surface area contributed by atoms with Crippen LogP contribution in [0.2, 0.25) is 15.1 Å². The van der Waals surface area contributed by atoms with Gasteiger partial charge in [-0.1, -0.05) is 34.8 Å². The fourth-order valence-electron chi connectivity index (χ4n) is 1.82. The van der Waals surface area contributed by atoms with Crippen molar-refractivity contribution in [1.82, 2.24) is 0 Å². The Balaban J connectivity index is 2.17. The van der Waals surface area contributed by atoms with Crippen LogP contribution >= 0.6 is 34.8 Å². The maximum absolute atomic E-state index is 11.5. The van der Waals surface area contributed by atoms with Crippen LogP contribution in [-0.2, 0) is 11.3 Å². The van der Waals surface area contributed by atoms with Crippen molar-refractivity contribution in [2.75, 3.05) is 12.4 Å². The Morgan fingerprint density at radius 3 is 2.38 bits per heavy atom. The zero-order chi connectivity index (χ0) is 15.4. The molecule has 3 nitrogen and oxygen atoms in total. The second-order valence-electron chi connectivity index (χ2n) is 4.32. The van der Waals surface area contributed by atoms with Gasteiger partial charge in [-0.2, -0.15) is 0 Å². The highest BCUT2D eigenvalue weighted by Gasteiger charge is 2.09. The number of hydrogen-bond donors (Lipinski definition) is 1. The van der Waals surface area contributed by atoms with Crippen LogP contribution in [0.4, 0.5) is 5.69 Å². The Hall–Kier alpha value is -1.42. The van der Waals surface area contributed by atoms with Gasteiger partial charge >= 0.3 is 5.97 Å². The SMILES string of the molecule is COC(=O)c1ccc(Cl)c(NCc2cc(Cl)cc(Cl)c2)c1. The molecular weight excluding hydrogens is 333 g/mol. The summed E-state index contributed by atoms with van der Waals surface area (Å²) in [6.45, 7) is 0.477. The summed E-state index contributed by atoms with van der Waals surface area (Å²) in [4.78, 5) is 11.5. The Morgan fingerprint density at radius 2 is 1.76 bits per heavy atom. The predicted molar refractivity (Wildman–Crippen MR) is 86.6 cm³/mol. The van der Waals surface area contributed by atoms with E-state index >= 15 is 0 Å². The van der Waals surface area contributed by atoms with Crippen molar-refractivity contribution in [2.45, 2.75) is 6.54 Å². The van der Waals surface area contributed by atoms with Gasteiger partial charge in [0.05, 0.1) is 23.4 Å². The van der Waals surface area contributed by atoms with E-state index in [0.717, 1.165) is 5.56 Å². The summed E-state index contributed by atoms with van der Waals surface area (Å²) >= 11 is 18.0. The first kappa shape index (κ1) is 16.0. The highest BCUT2D eigenvalue weighted by Crippen LogP contribution is 2.25. The summed E-state index contributed by atoms with van der Waals surface area (Å²) in [5.41, 5.74) is 1.97. The second kappa shape index (κ2) is 7.03. The Kier molecular flexibility index (Phi) is 5.34. The van der Waals surface area contributed by atoms with Crippen LogP contribution in [0.15, 0.2) is 36.4 Å². The summed E-state index contributed by atoms with van der Waals surface area (Å²) in [7, 11) is 1.33. The van der Waals surface area contributed by atoms with Gasteiger partial charge in [0.1, 0.15) is 0 Å². The number of esters is 1. The van der Waals surface area contributed by atoms with Crippen molar-refractivity contribution in [1.29, 1.82) is 0 Å². The maximum Gasteiger partial charge on any atom is 0.337 e. The van der Waals surface area contributed by atoms with Crippen LogP contribution < -0.4 is 5.32 Å². The molecule has 0 aromatic heterocycles. The van der Waals surface area contributed by atoms with Gasteiger partial charge in [-0.3, -0.25) is 0 Å². The first-order valence-electron chi connectivity index (χ1n) is 6.06. The fourth-order valence-corrected chi connectivity index (χ4v) is 2.57. The third kappa shape index (κ3) is 4.27. The van der Waals surface area contributed by atoms with E-state index in [2.05, 4.69) is 10.1 Å². The minimum atomic E-state index is -0.416. The average molecular weight is 345 g/mol. The van der Waals surface area contributed by atoms with E-state index in [-0.39, 0.29) is 0 Å². The summed E-state index contributed by atoms with van der Waals surface area (Å²) in [5, 5.41) is 4.78. The van der Waals surface area contributed by atoms with Crippen molar-refractivity contribution in [3.05, 3.63) is 62.6 Å². The van der Waals surface area contributed by atoms with Gasteiger partial charge in [0, 0.05) is 16.6 Å². The monoisotopic (exact) mass is 343 g/mol. The van der Waals surface area contributed by atoms with Crippen LogP contribution in [0.5, 0.6) is 0 Å². The lowest BCUT2D eigenvalue weighted by Crippen LogP contribution is -2.04. The Morgan fingerprint density at radius 1 is 1.10 bits per heavy atom. The van der Waals surface area contributed by atoms with E-state index < -0.39 is 5.97 Å². The van der Waals surface area contributed by atoms with Crippen LogP contribution in [0.1, 0.15) is 15.9 Å². The Bertz CT molecular complexity index is 654. The molecule has 2 aromatic carbocycles. The lowest BCUT2D eigenvalue weighted by atomic mass is 10.2. The van der Waals surface area contributed by atoms with Crippen molar-refractivity contribution in [3.63, 3.8) is 0 Å². The zero-order valence-electron chi connectivity index (χ0n) is 11.1. The summed E-state index contributed by atoms with van der Waals surface area (Å²) < 4.78 is 4.68. The quantitative estimate of drug-likeness (QED) is 0.789. The molecule has 0 aliphatic heterocycles. The first-order valence-corrected chi connectivity index (χ1v) is 7.19. The molecule has 0 unspecified atom stereocenters. The molecule has 0 fully saturated rings. The van der Waals surface area contributed by atoms with Gasteiger partial charge in [-0.05, 0) is 42.0 Å². The average Bonchev–Trinajstić information content (AvgIpc) is 2.44. The lowest BCUT2D eigenvalue weighted by Gasteiger charge is -2.10. The molecule has 0 bridgehead atoms. The lowest BCUT2D eigenvalue weighted by molar-refractivity contribution is 0.0601. The number of methoxy groups -OCH3 is 1. The third-order valence-corrected chi connectivity index (χ3v) is 3.56. The van der Waals surface area contributed by atoms with E-state index in [9.17, 15) is 4.79 Å². The minimum Gasteiger partial charge on any atom is -0.465 e. The van der Waals surface area contributed by atoms with Crippen molar-refractivity contribution < 1.29 is 9.53 Å². The van der Waals surface area contributed by atoms with Gasteiger partial charge in [-0.25, -0.2) is 4.79 Å². The highest BCUT2D eigenvalue weighted by molar-refractivity contribution is 6.34. The van der Waals surface area contributed by atoms with E-state index in [1.807, 2.05) is 0 Å². The number of hydrogen-bond acceptors (Lipinski definition) is 3. The molecule has 0 heterocycles. The standard InChI is InChI=1S/C15H12Cl3NO2/c1-21-15(20)10-2-3-13(18)14(6-10)19-8-9-4-11(16)7-12(17)5-9/h2-7,19H,8H2,1H3. The van der Waals surface area contributed by atoms with Crippen LogP contribution in [0.3, 0.4) is 0 Å². The van der Waals surface area contributed by atoms with Crippen molar-refractivity contribution in [3.8, 4) is 0 Å². The van der Waals surface area contributed by atoms with Gasteiger partial charge in [-0.15, -0.1) is 0 Å². The summed E-state index contributed by atoms with van der Waals surface area (Å²) in [6.07, 6.45) is 0. The summed E-state index contributed by atoms with van der Waals surface area (Å²) in [6, 6.07) is 10.2. The molecule has 21 heavy (non-hydrogen) atoms. The molecule has 0 radical (unpaired) electrons. The number of rotatable bonds is 4. The molecule has 0 amide bonds. The van der Waals surface area contributed by atoms with Crippen molar-refractivity contribution in [2.24, 2.45) is 0 Å². The number of carbonyl (C=O) groups is 1. The molecule has 6 heteroatoms. The molecule has 0 spiro atoms. The molecule has 0 aliphatic carbocycles. The smallest absolute Gasteiger partial charge is 0.337 e. The first-order chi connectivity index (χ1) is 9.99. The van der Waals surface area contributed by atoms with Gasteiger partial charge in [0.15, 0.2) is 0 Å². The molecule has 110 valence electrons. The predicted octanol–water partition coefficient (Wildman–Crippen LogP) is 5.05. The molecule has 0 saturated heterocycles. The van der Waals surface area contributed by atoms with Gasteiger partial charge in [0.25, 0.3) is 0 Å². The molecule has 0 saturated carbocycles. The number of halogens is 3. The van der Waals surface area contributed by atoms with Crippen LogP contribution in [0, 0.1) is 0 Å². The number of carbonyl (C=O) groups excluding carboxylic acids is 1. The van der Waals surface area contributed by atoms with Gasteiger partial charge in [0.2, 0.25) is 0 Å². The number of benzene rings is 2. The summed E-state index contributed by atoms with van der Waals surface area (Å²) in [5.74, 6) is -0.416. The normalized spacial score (nSPS) is 10.3. The molecule has 0 aliphatic rings. The van der Waals surface area contributed by atoms with E-state index in [4.69, 9.17) is 34.8 Å². The molecule has 2 rings (SSSR count). The Labute approximate surface area is 137 Å². The van der Waals surface area contributed by atoms with Crippen LogP contribution in [0.25, 0.3) is 0 Å². The molecule has 1 N–H and O–H groups in total. The van der Waals surface area contributed by atoms with E-state index in [1.165, 1.54) is 7.11 Å². The second-order valence-corrected chi connectivity index (χ2v) is 5.60. The molecule has 0 atom stereocenters. The maximum atomic E-state index is 11.5. The third-order valence-electron chi connectivity index (χ3n) is 2.79.